The largest absolute Gasteiger partial charge is 0.345 e. The predicted octanol–water partition coefficient (Wildman–Crippen LogP) is -0.889. The summed E-state index contributed by atoms with van der Waals surface area (Å²) < 4.78 is 0. The van der Waals surface area contributed by atoms with Crippen molar-refractivity contribution in [3.8, 4) is 0 Å². The molecule has 1 saturated heterocycles. The van der Waals surface area contributed by atoms with Crippen LogP contribution in [0, 0.1) is 0 Å². The SMILES string of the molecule is O=C(NC1CNC1)c1ccn[nH]1. The van der Waals surface area contributed by atoms with Gasteiger partial charge in [-0.15, -0.1) is 0 Å². The fourth-order valence-electron chi connectivity index (χ4n) is 1.04. The van der Waals surface area contributed by atoms with Gasteiger partial charge in [0.25, 0.3) is 5.91 Å². The molecule has 1 aromatic rings. The van der Waals surface area contributed by atoms with Crippen LogP contribution in [0.1, 0.15) is 10.5 Å². The third-order valence-electron chi connectivity index (χ3n) is 1.86. The van der Waals surface area contributed by atoms with Gasteiger partial charge in [-0.05, 0) is 6.07 Å². The Morgan fingerprint density at radius 3 is 3.00 bits per heavy atom. The molecule has 1 aliphatic heterocycles. The highest BCUT2D eigenvalue weighted by molar-refractivity contribution is 5.92. The Hall–Kier alpha value is -1.36. The van der Waals surface area contributed by atoms with E-state index in [-0.39, 0.29) is 11.9 Å². The molecule has 0 bridgehead atoms. The first-order valence-electron chi connectivity index (χ1n) is 3.87. The lowest BCUT2D eigenvalue weighted by atomic mass is 10.2. The molecule has 5 heteroatoms. The predicted molar refractivity (Wildman–Crippen MR) is 42.7 cm³/mol. The van der Waals surface area contributed by atoms with E-state index in [1.165, 1.54) is 0 Å². The molecule has 0 radical (unpaired) electrons. The molecule has 12 heavy (non-hydrogen) atoms. The molecule has 2 rings (SSSR count). The average molecular weight is 166 g/mol. The molecular formula is C7H10N4O. The first-order valence-corrected chi connectivity index (χ1v) is 3.87. The summed E-state index contributed by atoms with van der Waals surface area (Å²) in [5, 5.41) is 12.2. The molecule has 1 aromatic heterocycles. The number of carbonyl (C=O) groups is 1. The average Bonchev–Trinajstić information content (AvgIpc) is 2.47. The van der Waals surface area contributed by atoms with E-state index in [4.69, 9.17) is 0 Å². The summed E-state index contributed by atoms with van der Waals surface area (Å²) in [6.45, 7) is 1.72. The Bertz CT molecular complexity index is 265. The highest BCUT2D eigenvalue weighted by Crippen LogP contribution is 1.95. The number of aromatic amines is 1. The lowest BCUT2D eigenvalue weighted by Gasteiger charge is -2.27. The van der Waals surface area contributed by atoms with Crippen molar-refractivity contribution >= 4 is 5.91 Å². The zero-order chi connectivity index (χ0) is 8.39. The van der Waals surface area contributed by atoms with E-state index in [1.807, 2.05) is 0 Å². The Morgan fingerprint density at radius 1 is 1.67 bits per heavy atom. The summed E-state index contributed by atoms with van der Waals surface area (Å²) in [4.78, 5) is 11.3. The highest BCUT2D eigenvalue weighted by Gasteiger charge is 2.19. The first-order chi connectivity index (χ1) is 5.86. The van der Waals surface area contributed by atoms with E-state index in [0.717, 1.165) is 13.1 Å². The zero-order valence-corrected chi connectivity index (χ0v) is 6.50. The Labute approximate surface area is 69.5 Å². The second kappa shape index (κ2) is 2.94. The molecule has 1 fully saturated rings. The van der Waals surface area contributed by atoms with Crippen LogP contribution in [0.25, 0.3) is 0 Å². The lowest BCUT2D eigenvalue weighted by Crippen LogP contribution is -2.56. The van der Waals surface area contributed by atoms with E-state index in [9.17, 15) is 4.79 Å². The molecule has 0 aromatic carbocycles. The van der Waals surface area contributed by atoms with Gasteiger partial charge >= 0.3 is 0 Å². The Kier molecular flexibility index (Phi) is 1.79. The summed E-state index contributed by atoms with van der Waals surface area (Å²) >= 11 is 0. The van der Waals surface area contributed by atoms with Crippen molar-refractivity contribution in [2.75, 3.05) is 13.1 Å². The van der Waals surface area contributed by atoms with Crippen molar-refractivity contribution in [3.63, 3.8) is 0 Å². The number of rotatable bonds is 2. The quantitative estimate of drug-likeness (QED) is 0.534. The van der Waals surface area contributed by atoms with Crippen molar-refractivity contribution in [1.82, 2.24) is 20.8 Å². The maximum Gasteiger partial charge on any atom is 0.269 e. The van der Waals surface area contributed by atoms with Gasteiger partial charge in [-0.3, -0.25) is 9.89 Å². The van der Waals surface area contributed by atoms with Gasteiger partial charge in [0, 0.05) is 19.3 Å². The van der Waals surface area contributed by atoms with Gasteiger partial charge in [0.05, 0.1) is 6.04 Å². The fraction of sp³-hybridized carbons (Fsp3) is 0.429. The molecule has 0 atom stereocenters. The van der Waals surface area contributed by atoms with Crippen LogP contribution in [0.3, 0.4) is 0 Å². The maximum absolute atomic E-state index is 11.3. The molecule has 2 heterocycles. The van der Waals surface area contributed by atoms with Crippen molar-refractivity contribution in [3.05, 3.63) is 18.0 Å². The second-order valence-corrected chi connectivity index (χ2v) is 2.80. The lowest BCUT2D eigenvalue weighted by molar-refractivity contribution is 0.0919. The van der Waals surface area contributed by atoms with Crippen molar-refractivity contribution in [2.24, 2.45) is 0 Å². The third-order valence-corrected chi connectivity index (χ3v) is 1.86. The Balaban J connectivity index is 1.92. The summed E-state index contributed by atoms with van der Waals surface area (Å²) in [5.74, 6) is -0.0843. The van der Waals surface area contributed by atoms with Gasteiger partial charge in [0.2, 0.25) is 0 Å². The van der Waals surface area contributed by atoms with E-state index in [1.54, 1.807) is 12.3 Å². The minimum absolute atomic E-state index is 0.0843. The minimum atomic E-state index is -0.0843. The molecule has 0 aliphatic carbocycles. The molecule has 0 saturated carbocycles. The standard InChI is InChI=1S/C7H10N4O/c12-7(6-1-2-9-11-6)10-5-3-8-4-5/h1-2,5,8H,3-4H2,(H,9,11)(H,10,12). The van der Waals surface area contributed by atoms with Crippen LogP contribution in [0.15, 0.2) is 12.3 Å². The molecule has 1 aliphatic rings. The summed E-state index contributed by atoms with van der Waals surface area (Å²) in [7, 11) is 0. The number of H-pyrrole nitrogens is 1. The molecule has 3 N–H and O–H groups in total. The van der Waals surface area contributed by atoms with Gasteiger partial charge in [-0.2, -0.15) is 5.10 Å². The van der Waals surface area contributed by atoms with E-state index in [0.29, 0.717) is 5.69 Å². The number of nitrogens with one attached hydrogen (secondary N) is 3. The van der Waals surface area contributed by atoms with Crippen molar-refractivity contribution < 1.29 is 4.79 Å². The fourth-order valence-corrected chi connectivity index (χ4v) is 1.04. The molecule has 1 amide bonds. The summed E-state index contributed by atoms with van der Waals surface area (Å²) in [6, 6.07) is 1.93. The summed E-state index contributed by atoms with van der Waals surface area (Å²) in [6.07, 6.45) is 1.56. The molecule has 64 valence electrons. The normalized spacial score (nSPS) is 17.0. The van der Waals surface area contributed by atoms with E-state index < -0.39 is 0 Å². The highest BCUT2D eigenvalue weighted by atomic mass is 16.2. The van der Waals surface area contributed by atoms with Crippen LogP contribution in [-0.2, 0) is 0 Å². The van der Waals surface area contributed by atoms with Gasteiger partial charge in [0.1, 0.15) is 5.69 Å². The first kappa shape index (κ1) is 7.30. The second-order valence-electron chi connectivity index (χ2n) is 2.80. The van der Waals surface area contributed by atoms with E-state index in [2.05, 4.69) is 20.8 Å². The van der Waals surface area contributed by atoms with Crippen LogP contribution < -0.4 is 10.6 Å². The topological polar surface area (TPSA) is 69.8 Å². The number of hydrogen-bond acceptors (Lipinski definition) is 3. The third kappa shape index (κ3) is 1.31. The van der Waals surface area contributed by atoms with Crippen molar-refractivity contribution in [2.45, 2.75) is 6.04 Å². The van der Waals surface area contributed by atoms with Crippen LogP contribution in [-0.4, -0.2) is 35.2 Å². The molecule has 0 unspecified atom stereocenters. The number of amides is 1. The van der Waals surface area contributed by atoms with Crippen LogP contribution in [0.5, 0.6) is 0 Å². The number of carbonyl (C=O) groups excluding carboxylic acids is 1. The molecular weight excluding hydrogens is 156 g/mol. The number of nitrogens with zero attached hydrogens (tertiary/aromatic N) is 1. The van der Waals surface area contributed by atoms with Gasteiger partial charge < -0.3 is 10.6 Å². The molecule has 0 spiro atoms. The zero-order valence-electron chi connectivity index (χ0n) is 6.50. The van der Waals surface area contributed by atoms with E-state index >= 15 is 0 Å². The van der Waals surface area contributed by atoms with Gasteiger partial charge in [-0.1, -0.05) is 0 Å². The minimum Gasteiger partial charge on any atom is -0.345 e. The van der Waals surface area contributed by atoms with Crippen LogP contribution in [0.4, 0.5) is 0 Å². The monoisotopic (exact) mass is 166 g/mol. The van der Waals surface area contributed by atoms with Gasteiger partial charge in [0.15, 0.2) is 0 Å². The summed E-state index contributed by atoms with van der Waals surface area (Å²) in [5.41, 5.74) is 0.516. The maximum atomic E-state index is 11.3. The van der Waals surface area contributed by atoms with Crippen molar-refractivity contribution in [1.29, 1.82) is 0 Å². The Morgan fingerprint density at radius 2 is 2.50 bits per heavy atom. The number of aromatic nitrogens is 2. The van der Waals surface area contributed by atoms with Gasteiger partial charge in [-0.25, -0.2) is 0 Å². The van der Waals surface area contributed by atoms with Crippen LogP contribution >= 0.6 is 0 Å². The van der Waals surface area contributed by atoms with Crippen LogP contribution in [0.2, 0.25) is 0 Å². The smallest absolute Gasteiger partial charge is 0.269 e. The number of hydrogen-bond donors (Lipinski definition) is 3. The molecule has 5 nitrogen and oxygen atoms in total.